The minimum atomic E-state index is -3.20. The van der Waals surface area contributed by atoms with Gasteiger partial charge in [0.15, 0.2) is 15.5 Å². The number of ether oxygens (including phenoxy) is 1. The molecule has 160 valence electrons. The number of benzene rings is 1. The fourth-order valence-corrected chi connectivity index (χ4v) is 5.98. The minimum Gasteiger partial charge on any atom is -0.359 e. The number of rotatable bonds is 8. The van der Waals surface area contributed by atoms with Crippen molar-refractivity contribution in [1.82, 2.24) is 14.8 Å². The van der Waals surface area contributed by atoms with E-state index in [0.717, 1.165) is 45.6 Å². The monoisotopic (exact) mass is 507 g/mol. The van der Waals surface area contributed by atoms with Gasteiger partial charge in [0.05, 0.1) is 10.1 Å². The summed E-state index contributed by atoms with van der Waals surface area (Å²) in [6, 6.07) is 10.1. The zero-order chi connectivity index (χ0) is 21.5. The van der Waals surface area contributed by atoms with E-state index in [-0.39, 0.29) is 5.25 Å². The first kappa shape index (κ1) is 21.7. The molecule has 0 aliphatic heterocycles. The minimum absolute atomic E-state index is 0.211. The van der Waals surface area contributed by atoms with Gasteiger partial charge in [0.1, 0.15) is 12.4 Å². The summed E-state index contributed by atoms with van der Waals surface area (Å²) in [4.78, 5) is 4.91. The first-order valence-electron chi connectivity index (χ1n) is 10.1. The summed E-state index contributed by atoms with van der Waals surface area (Å²) in [6.45, 7) is 8.01. The van der Waals surface area contributed by atoms with Gasteiger partial charge in [0.2, 0.25) is 0 Å². The third-order valence-corrected chi connectivity index (χ3v) is 9.60. The Balaban J connectivity index is 1.63. The van der Waals surface area contributed by atoms with Gasteiger partial charge in [0, 0.05) is 36.3 Å². The SMILES string of the molecule is C[Si](C)(C)CCOCn1nc(-c2ccc(S(=O)(=O)C3CC3)cc2)c2cc(Br)cnc21. The maximum absolute atomic E-state index is 12.5. The van der Waals surface area contributed by atoms with Gasteiger partial charge in [-0.3, -0.25) is 0 Å². The van der Waals surface area contributed by atoms with Gasteiger partial charge < -0.3 is 4.74 Å². The van der Waals surface area contributed by atoms with Gasteiger partial charge in [-0.1, -0.05) is 31.8 Å². The molecule has 4 rings (SSSR count). The van der Waals surface area contributed by atoms with Crippen LogP contribution in [0.4, 0.5) is 0 Å². The maximum Gasteiger partial charge on any atom is 0.181 e. The van der Waals surface area contributed by atoms with E-state index in [0.29, 0.717) is 18.2 Å². The molecular formula is C21H26BrN3O3SSi. The Kier molecular flexibility index (Phi) is 5.91. The second-order valence-electron chi connectivity index (χ2n) is 8.99. The van der Waals surface area contributed by atoms with Crippen molar-refractivity contribution in [2.75, 3.05) is 6.61 Å². The second kappa shape index (κ2) is 8.18. The van der Waals surface area contributed by atoms with Crippen molar-refractivity contribution >= 4 is 44.9 Å². The van der Waals surface area contributed by atoms with Gasteiger partial charge in [-0.05, 0) is 53.0 Å². The van der Waals surface area contributed by atoms with Gasteiger partial charge in [-0.25, -0.2) is 18.1 Å². The highest BCUT2D eigenvalue weighted by atomic mass is 79.9. The lowest BCUT2D eigenvalue weighted by Crippen LogP contribution is -2.22. The van der Waals surface area contributed by atoms with E-state index < -0.39 is 17.9 Å². The lowest BCUT2D eigenvalue weighted by Gasteiger charge is -2.15. The topological polar surface area (TPSA) is 74.1 Å². The summed E-state index contributed by atoms with van der Waals surface area (Å²) in [5.41, 5.74) is 2.37. The molecule has 1 aromatic carbocycles. The van der Waals surface area contributed by atoms with Crippen LogP contribution >= 0.6 is 15.9 Å². The zero-order valence-corrected chi connectivity index (χ0v) is 20.8. The third kappa shape index (κ3) is 4.69. The number of nitrogens with zero attached hydrogens (tertiary/aromatic N) is 3. The average Bonchev–Trinajstić information content (AvgIpc) is 3.48. The van der Waals surface area contributed by atoms with Crippen molar-refractivity contribution in [3.63, 3.8) is 0 Å². The molecule has 0 N–H and O–H groups in total. The van der Waals surface area contributed by atoms with Crippen molar-refractivity contribution < 1.29 is 13.2 Å². The zero-order valence-electron chi connectivity index (χ0n) is 17.4. The molecule has 0 amide bonds. The molecule has 1 aliphatic rings. The van der Waals surface area contributed by atoms with Crippen LogP contribution in [0.15, 0.2) is 45.9 Å². The Morgan fingerprint density at radius 2 is 1.90 bits per heavy atom. The first-order valence-corrected chi connectivity index (χ1v) is 16.1. The average molecular weight is 509 g/mol. The highest BCUT2D eigenvalue weighted by Gasteiger charge is 2.36. The Bertz CT molecular complexity index is 1170. The van der Waals surface area contributed by atoms with Crippen LogP contribution in [0.1, 0.15) is 12.8 Å². The van der Waals surface area contributed by atoms with E-state index in [4.69, 9.17) is 9.84 Å². The van der Waals surface area contributed by atoms with E-state index in [1.165, 1.54) is 0 Å². The predicted molar refractivity (Wildman–Crippen MR) is 125 cm³/mol. The molecule has 6 nitrogen and oxygen atoms in total. The summed E-state index contributed by atoms with van der Waals surface area (Å²) in [5.74, 6) is 0. The van der Waals surface area contributed by atoms with Gasteiger partial charge in [0.25, 0.3) is 0 Å². The molecule has 0 atom stereocenters. The summed E-state index contributed by atoms with van der Waals surface area (Å²) in [6.07, 6.45) is 3.27. The van der Waals surface area contributed by atoms with Crippen LogP contribution in [0.2, 0.25) is 25.7 Å². The van der Waals surface area contributed by atoms with Gasteiger partial charge in [-0.15, -0.1) is 0 Å². The predicted octanol–water partition coefficient (Wildman–Crippen LogP) is 5.11. The number of halogens is 1. The highest BCUT2D eigenvalue weighted by Crippen LogP contribution is 2.35. The summed E-state index contributed by atoms with van der Waals surface area (Å²) in [7, 11) is -4.35. The molecule has 30 heavy (non-hydrogen) atoms. The van der Waals surface area contributed by atoms with Crippen LogP contribution in [0.5, 0.6) is 0 Å². The molecule has 0 bridgehead atoms. The quantitative estimate of drug-likeness (QED) is 0.312. The molecular weight excluding hydrogens is 482 g/mol. The standard InChI is InChI=1S/C21H26BrN3O3SSi/c1-30(2,3)11-10-28-14-25-21-19(12-16(22)13-23-21)20(24-25)15-4-6-17(7-5-15)29(26,27)18-8-9-18/h4-7,12-13,18H,8-11,14H2,1-3H3. The number of aromatic nitrogens is 3. The summed E-state index contributed by atoms with van der Waals surface area (Å²) < 4.78 is 33.5. The molecule has 0 saturated heterocycles. The van der Waals surface area contributed by atoms with E-state index >= 15 is 0 Å². The summed E-state index contributed by atoms with van der Waals surface area (Å²) >= 11 is 3.49. The van der Waals surface area contributed by atoms with E-state index in [1.54, 1.807) is 23.0 Å². The smallest absolute Gasteiger partial charge is 0.181 e. The maximum atomic E-state index is 12.5. The number of hydrogen-bond acceptors (Lipinski definition) is 5. The Morgan fingerprint density at radius 1 is 1.20 bits per heavy atom. The lowest BCUT2D eigenvalue weighted by molar-refractivity contribution is 0.0814. The molecule has 1 aliphatic carbocycles. The normalized spacial score (nSPS) is 15.1. The molecule has 1 fully saturated rings. The van der Waals surface area contributed by atoms with Crippen LogP contribution in [0.25, 0.3) is 22.3 Å². The lowest BCUT2D eigenvalue weighted by atomic mass is 10.1. The van der Waals surface area contributed by atoms with Crippen LogP contribution in [-0.2, 0) is 21.3 Å². The molecule has 0 radical (unpaired) electrons. The van der Waals surface area contributed by atoms with Gasteiger partial charge >= 0.3 is 0 Å². The molecule has 2 aromatic heterocycles. The van der Waals surface area contributed by atoms with Crippen molar-refractivity contribution in [2.45, 2.75) is 55.4 Å². The third-order valence-electron chi connectivity index (χ3n) is 5.18. The van der Waals surface area contributed by atoms with Crippen LogP contribution in [0, 0.1) is 0 Å². The first-order chi connectivity index (χ1) is 14.1. The number of hydrogen-bond donors (Lipinski definition) is 0. The van der Waals surface area contributed by atoms with Crippen LogP contribution in [-0.4, -0.2) is 43.1 Å². The Morgan fingerprint density at radius 3 is 2.53 bits per heavy atom. The number of sulfone groups is 1. The van der Waals surface area contributed by atoms with Crippen molar-refractivity contribution in [1.29, 1.82) is 0 Å². The largest absolute Gasteiger partial charge is 0.359 e. The molecule has 1 saturated carbocycles. The van der Waals surface area contributed by atoms with E-state index in [2.05, 4.69) is 40.6 Å². The molecule has 2 heterocycles. The Labute approximate surface area is 186 Å². The molecule has 9 heteroatoms. The van der Waals surface area contributed by atoms with Gasteiger partial charge in [-0.2, -0.15) is 5.10 Å². The van der Waals surface area contributed by atoms with Crippen LogP contribution in [0.3, 0.4) is 0 Å². The highest BCUT2D eigenvalue weighted by molar-refractivity contribution is 9.10. The van der Waals surface area contributed by atoms with Crippen molar-refractivity contribution in [2.24, 2.45) is 0 Å². The fraction of sp³-hybridized carbons (Fsp3) is 0.429. The fourth-order valence-electron chi connectivity index (χ4n) is 3.24. The summed E-state index contributed by atoms with van der Waals surface area (Å²) in [5, 5.41) is 5.43. The second-order valence-corrected chi connectivity index (χ2v) is 17.8. The number of fused-ring (bicyclic) bond motifs is 1. The Hall–Kier alpha value is -1.55. The van der Waals surface area contributed by atoms with E-state index in [1.807, 2.05) is 18.2 Å². The molecule has 0 spiro atoms. The van der Waals surface area contributed by atoms with Crippen LogP contribution < -0.4 is 0 Å². The van der Waals surface area contributed by atoms with Crippen molar-refractivity contribution in [3.05, 3.63) is 41.0 Å². The molecule has 0 unspecified atom stereocenters. The molecule has 3 aromatic rings. The van der Waals surface area contributed by atoms with Crippen molar-refractivity contribution in [3.8, 4) is 11.3 Å². The number of pyridine rings is 1. The van der Waals surface area contributed by atoms with E-state index in [9.17, 15) is 8.42 Å².